The molecule has 0 bridgehead atoms. The van der Waals surface area contributed by atoms with E-state index >= 15 is 0 Å². The minimum absolute atomic E-state index is 0.00247. The molecule has 0 unspecified atom stereocenters. The highest BCUT2D eigenvalue weighted by Crippen LogP contribution is 2.26. The fraction of sp³-hybridized carbons (Fsp3) is 0.310. The first-order chi connectivity index (χ1) is 19.0. The predicted molar refractivity (Wildman–Crippen MR) is 163 cm³/mol. The molecule has 1 N–H and O–H groups in total. The van der Waals surface area contributed by atoms with E-state index in [4.69, 9.17) is 34.8 Å². The number of benzene rings is 3. The summed E-state index contributed by atoms with van der Waals surface area (Å²) in [6.07, 6.45) is 1.62. The summed E-state index contributed by atoms with van der Waals surface area (Å²) >= 11 is 18.6. The lowest BCUT2D eigenvalue weighted by Gasteiger charge is -2.32. The van der Waals surface area contributed by atoms with Gasteiger partial charge in [-0.25, -0.2) is 8.42 Å². The van der Waals surface area contributed by atoms with Crippen molar-refractivity contribution >= 4 is 62.3 Å². The highest BCUT2D eigenvalue weighted by atomic mass is 35.5. The Morgan fingerprint density at radius 1 is 0.925 bits per heavy atom. The monoisotopic (exact) mass is 623 g/mol. The second-order valence-corrected chi connectivity index (χ2v) is 12.5. The van der Waals surface area contributed by atoms with Gasteiger partial charge in [-0.15, -0.1) is 0 Å². The summed E-state index contributed by atoms with van der Waals surface area (Å²) in [5, 5.41) is 4.08. The van der Waals surface area contributed by atoms with E-state index in [1.54, 1.807) is 42.5 Å². The van der Waals surface area contributed by atoms with Gasteiger partial charge in [-0.3, -0.25) is 13.9 Å². The maximum atomic E-state index is 13.8. The first-order valence-electron chi connectivity index (χ1n) is 12.8. The number of rotatable bonds is 13. The highest BCUT2D eigenvalue weighted by Gasteiger charge is 2.30. The van der Waals surface area contributed by atoms with Crippen LogP contribution >= 0.6 is 34.8 Å². The molecule has 11 heteroatoms. The Bertz CT molecular complexity index is 1420. The number of carbonyl (C=O) groups is 2. The summed E-state index contributed by atoms with van der Waals surface area (Å²) < 4.78 is 26.3. The summed E-state index contributed by atoms with van der Waals surface area (Å²) in [4.78, 5) is 28.6. The van der Waals surface area contributed by atoms with Crippen molar-refractivity contribution in [3.8, 4) is 0 Å². The first kappa shape index (κ1) is 31.7. The molecule has 3 rings (SSSR count). The van der Waals surface area contributed by atoms with Gasteiger partial charge in [-0.05, 0) is 54.8 Å². The standard InChI is InChI=1S/C29H32Cl3N3O4S/c1-3-33-29(37)27(17-21-9-5-4-6-10-21)34(20-22-14-15-24(31)19-26(22)32)28(36)13-8-16-35(40(2,38)39)25-12-7-11-23(30)18-25/h4-7,9-12,14-15,18-19,27H,3,8,13,16-17,20H2,1-2H3,(H,33,37)/t27-/m1/s1. The van der Waals surface area contributed by atoms with Crippen molar-refractivity contribution in [1.29, 1.82) is 0 Å². The summed E-state index contributed by atoms with van der Waals surface area (Å²) in [6, 6.07) is 20.2. The molecule has 1 atom stereocenters. The van der Waals surface area contributed by atoms with Gasteiger partial charge in [0.2, 0.25) is 21.8 Å². The van der Waals surface area contributed by atoms with Gasteiger partial charge < -0.3 is 10.2 Å². The third kappa shape index (κ3) is 9.13. The van der Waals surface area contributed by atoms with Crippen LogP contribution in [0, 0.1) is 0 Å². The smallest absolute Gasteiger partial charge is 0.243 e. The molecule has 0 aliphatic carbocycles. The number of nitrogens with one attached hydrogen (secondary N) is 1. The van der Waals surface area contributed by atoms with Crippen molar-refractivity contribution in [2.75, 3.05) is 23.7 Å². The van der Waals surface area contributed by atoms with Crippen molar-refractivity contribution in [3.05, 3.63) is 99.0 Å². The molecule has 40 heavy (non-hydrogen) atoms. The number of anilines is 1. The first-order valence-corrected chi connectivity index (χ1v) is 15.8. The van der Waals surface area contributed by atoms with Crippen molar-refractivity contribution in [3.63, 3.8) is 0 Å². The topological polar surface area (TPSA) is 86.8 Å². The lowest BCUT2D eigenvalue weighted by molar-refractivity contribution is -0.141. The Morgan fingerprint density at radius 3 is 2.25 bits per heavy atom. The number of likely N-dealkylation sites (N-methyl/N-ethyl adjacent to an activating group) is 1. The van der Waals surface area contributed by atoms with Gasteiger partial charge in [0.1, 0.15) is 6.04 Å². The molecule has 0 fully saturated rings. The molecule has 0 spiro atoms. The number of carbonyl (C=O) groups excluding carboxylic acids is 2. The molecule has 2 amide bonds. The van der Waals surface area contributed by atoms with E-state index in [9.17, 15) is 18.0 Å². The summed E-state index contributed by atoms with van der Waals surface area (Å²) in [5.41, 5.74) is 1.94. The van der Waals surface area contributed by atoms with Crippen LogP contribution in [0.2, 0.25) is 15.1 Å². The lowest BCUT2D eigenvalue weighted by Crippen LogP contribution is -2.50. The van der Waals surface area contributed by atoms with Crippen LogP contribution in [0.5, 0.6) is 0 Å². The number of halogens is 3. The molecule has 3 aromatic rings. The van der Waals surface area contributed by atoms with Crippen LogP contribution < -0.4 is 9.62 Å². The van der Waals surface area contributed by atoms with Gasteiger partial charge in [0.25, 0.3) is 0 Å². The number of hydrogen-bond donors (Lipinski definition) is 1. The zero-order valence-corrected chi connectivity index (χ0v) is 25.4. The van der Waals surface area contributed by atoms with Crippen LogP contribution in [0.4, 0.5) is 5.69 Å². The Balaban J connectivity index is 1.89. The number of nitrogens with zero attached hydrogens (tertiary/aromatic N) is 2. The van der Waals surface area contributed by atoms with Gasteiger partial charge in [0.15, 0.2) is 0 Å². The van der Waals surface area contributed by atoms with Crippen molar-refractivity contribution < 1.29 is 18.0 Å². The van der Waals surface area contributed by atoms with E-state index in [-0.39, 0.29) is 37.7 Å². The summed E-state index contributed by atoms with van der Waals surface area (Å²) in [5.74, 6) is -0.598. The van der Waals surface area contributed by atoms with Gasteiger partial charge in [0, 0.05) is 47.5 Å². The SMILES string of the molecule is CCNC(=O)[C@@H](Cc1ccccc1)N(Cc1ccc(Cl)cc1Cl)C(=O)CCCN(c1cccc(Cl)c1)S(C)(=O)=O. The predicted octanol–water partition coefficient (Wildman–Crippen LogP) is 5.97. The van der Waals surface area contributed by atoms with Crippen molar-refractivity contribution in [2.45, 2.75) is 38.8 Å². The van der Waals surface area contributed by atoms with E-state index in [0.717, 1.165) is 11.8 Å². The molecule has 0 aromatic heterocycles. The Morgan fingerprint density at radius 2 is 1.62 bits per heavy atom. The Kier molecular flexibility index (Phi) is 11.7. The third-order valence-electron chi connectivity index (χ3n) is 6.23. The molecule has 0 radical (unpaired) electrons. The minimum atomic E-state index is -3.63. The number of hydrogen-bond acceptors (Lipinski definition) is 4. The van der Waals surface area contributed by atoms with E-state index in [1.165, 1.54) is 9.21 Å². The second-order valence-electron chi connectivity index (χ2n) is 9.28. The van der Waals surface area contributed by atoms with E-state index in [1.807, 2.05) is 37.3 Å². The average Bonchev–Trinajstić information content (AvgIpc) is 2.89. The van der Waals surface area contributed by atoms with Crippen LogP contribution in [0.3, 0.4) is 0 Å². The number of sulfonamides is 1. The van der Waals surface area contributed by atoms with Crippen molar-refractivity contribution in [2.24, 2.45) is 0 Å². The quantitative estimate of drug-likeness (QED) is 0.254. The zero-order chi connectivity index (χ0) is 29.3. The molecule has 7 nitrogen and oxygen atoms in total. The van der Waals surface area contributed by atoms with Gasteiger partial charge in [-0.1, -0.05) is 77.3 Å². The zero-order valence-electron chi connectivity index (χ0n) is 22.3. The van der Waals surface area contributed by atoms with E-state index in [0.29, 0.717) is 39.3 Å². The van der Waals surface area contributed by atoms with Crippen molar-refractivity contribution in [1.82, 2.24) is 10.2 Å². The van der Waals surface area contributed by atoms with Crippen LogP contribution in [0.1, 0.15) is 30.9 Å². The van der Waals surface area contributed by atoms with Gasteiger partial charge in [0.05, 0.1) is 11.9 Å². The van der Waals surface area contributed by atoms with Crippen LogP contribution in [0.15, 0.2) is 72.8 Å². The van der Waals surface area contributed by atoms with Crippen LogP contribution in [0.25, 0.3) is 0 Å². The molecule has 0 saturated heterocycles. The highest BCUT2D eigenvalue weighted by molar-refractivity contribution is 7.92. The van der Waals surface area contributed by atoms with Gasteiger partial charge >= 0.3 is 0 Å². The van der Waals surface area contributed by atoms with Crippen LogP contribution in [-0.4, -0.2) is 50.5 Å². The number of amides is 2. The molecule has 3 aromatic carbocycles. The average molecular weight is 625 g/mol. The van der Waals surface area contributed by atoms with E-state index in [2.05, 4.69) is 5.32 Å². The minimum Gasteiger partial charge on any atom is -0.355 e. The Hall–Kier alpha value is -2.78. The molecular weight excluding hydrogens is 593 g/mol. The molecule has 0 aliphatic heterocycles. The normalized spacial score (nSPS) is 12.0. The molecule has 0 aliphatic rings. The fourth-order valence-electron chi connectivity index (χ4n) is 4.31. The second kappa shape index (κ2) is 14.7. The maximum absolute atomic E-state index is 13.8. The fourth-order valence-corrected chi connectivity index (χ4v) is 5.92. The maximum Gasteiger partial charge on any atom is 0.243 e. The summed E-state index contributed by atoms with van der Waals surface area (Å²) in [7, 11) is -3.63. The lowest BCUT2D eigenvalue weighted by atomic mass is 10.0. The third-order valence-corrected chi connectivity index (χ3v) is 8.24. The molecule has 0 heterocycles. The van der Waals surface area contributed by atoms with E-state index < -0.39 is 16.1 Å². The van der Waals surface area contributed by atoms with Crippen LogP contribution in [-0.2, 0) is 32.6 Å². The Labute approximate surface area is 251 Å². The summed E-state index contributed by atoms with van der Waals surface area (Å²) in [6.45, 7) is 2.35. The molecular formula is C29H32Cl3N3O4S. The van der Waals surface area contributed by atoms with Gasteiger partial charge in [-0.2, -0.15) is 0 Å². The largest absolute Gasteiger partial charge is 0.355 e. The molecule has 214 valence electrons. The molecule has 0 saturated carbocycles.